The molecule has 1 amide bonds. The minimum atomic E-state index is -4.24. The van der Waals surface area contributed by atoms with Crippen LogP contribution in [0.2, 0.25) is 10.0 Å². The number of hydrogen-bond acceptors (Lipinski definition) is 7. The van der Waals surface area contributed by atoms with Crippen molar-refractivity contribution in [1.82, 2.24) is 4.90 Å². The van der Waals surface area contributed by atoms with Gasteiger partial charge in [-0.15, -0.1) is 0 Å². The summed E-state index contributed by atoms with van der Waals surface area (Å²) in [4.78, 5) is 28.4. The maximum Gasteiger partial charge on any atom is 0.275 e. The van der Waals surface area contributed by atoms with Gasteiger partial charge in [0.05, 0.1) is 22.3 Å². The summed E-state index contributed by atoms with van der Waals surface area (Å²) >= 11 is 12.5. The van der Waals surface area contributed by atoms with Crippen molar-refractivity contribution in [3.8, 4) is 5.75 Å². The topological polar surface area (TPSA) is 116 Å². The highest BCUT2D eigenvalue weighted by atomic mass is 35.5. The molecule has 2 aliphatic carbocycles. The number of ether oxygens (including phenoxy) is 1. The summed E-state index contributed by atoms with van der Waals surface area (Å²) in [6.45, 7) is 11.4. The zero-order valence-electron chi connectivity index (χ0n) is 26.2. The standard InChI is InChI=1S/C23H27Cl2N3O2.C10H16O4S/c24-19-4-3-5-21(23(19)25)28-13-11-27(12-14-28)10-1-2-15-30-18-8-6-17-7-9-22(29)26-20(17)16-18;1-9(2)6-4-5-10(9,3)8(11)7(6)15(12,13)14/h3-6,8,16H,1-2,7,9-15H2,(H,26,29);6-7H,4-5H2,1-3H3,(H,12,13,14). The second-order valence-corrected chi connectivity index (χ2v) is 15.6. The van der Waals surface area contributed by atoms with E-state index in [-0.39, 0.29) is 23.0 Å². The highest BCUT2D eigenvalue weighted by molar-refractivity contribution is 7.87. The number of ketones is 1. The first-order valence-electron chi connectivity index (χ1n) is 15.7. The molecule has 0 radical (unpaired) electrons. The number of rotatable bonds is 8. The lowest BCUT2D eigenvalue weighted by molar-refractivity contribution is -0.128. The smallest absolute Gasteiger partial charge is 0.275 e. The van der Waals surface area contributed by atoms with E-state index >= 15 is 0 Å². The van der Waals surface area contributed by atoms with E-state index in [1.165, 1.54) is 5.56 Å². The third-order valence-corrected chi connectivity index (χ3v) is 12.5. The largest absolute Gasteiger partial charge is 0.494 e. The van der Waals surface area contributed by atoms with Crippen molar-refractivity contribution in [2.24, 2.45) is 16.7 Å². The molecule has 1 saturated heterocycles. The lowest BCUT2D eigenvalue weighted by Crippen LogP contribution is -2.46. The fourth-order valence-corrected chi connectivity index (χ4v) is 9.20. The number of halogens is 2. The normalized spacial score (nSPS) is 25.8. The van der Waals surface area contributed by atoms with Crippen molar-refractivity contribution < 1.29 is 27.3 Å². The Kier molecular flexibility index (Phi) is 10.1. The molecule has 2 heterocycles. The van der Waals surface area contributed by atoms with Gasteiger partial charge in [-0.2, -0.15) is 8.42 Å². The van der Waals surface area contributed by atoms with Crippen molar-refractivity contribution in [2.45, 2.75) is 64.5 Å². The number of aryl methyl sites for hydroxylation is 1. The van der Waals surface area contributed by atoms with E-state index < -0.39 is 20.8 Å². The number of fused-ring (bicyclic) bond motifs is 3. The van der Waals surface area contributed by atoms with E-state index in [4.69, 9.17) is 32.5 Å². The van der Waals surface area contributed by atoms with Gasteiger partial charge in [0.2, 0.25) is 5.91 Å². The second-order valence-electron chi connectivity index (χ2n) is 13.3. The third kappa shape index (κ3) is 7.00. The number of hydrogen-bond donors (Lipinski definition) is 2. The van der Waals surface area contributed by atoms with Crippen LogP contribution >= 0.6 is 23.2 Å². The van der Waals surface area contributed by atoms with Crippen molar-refractivity contribution >= 4 is 56.4 Å². The van der Waals surface area contributed by atoms with Gasteiger partial charge in [-0.3, -0.25) is 19.0 Å². The first-order chi connectivity index (χ1) is 21.2. The average molecular weight is 681 g/mol. The Labute approximate surface area is 276 Å². The van der Waals surface area contributed by atoms with Crippen molar-refractivity contribution in [3.63, 3.8) is 0 Å². The predicted molar refractivity (Wildman–Crippen MR) is 178 cm³/mol. The molecule has 3 unspecified atom stereocenters. The van der Waals surface area contributed by atoms with Crippen molar-refractivity contribution in [3.05, 3.63) is 52.0 Å². The number of carbonyl (C=O) groups is 2. The fraction of sp³-hybridized carbons (Fsp3) is 0.576. The molecule has 4 aliphatic rings. The minimum Gasteiger partial charge on any atom is -0.494 e. The molecule has 9 nitrogen and oxygen atoms in total. The summed E-state index contributed by atoms with van der Waals surface area (Å²) in [7, 11) is -4.24. The number of piperazine rings is 1. The molecule has 2 N–H and O–H groups in total. The summed E-state index contributed by atoms with van der Waals surface area (Å²) in [5, 5.41) is 2.99. The van der Waals surface area contributed by atoms with E-state index in [2.05, 4.69) is 21.2 Å². The van der Waals surface area contributed by atoms with Crippen LogP contribution in [0.15, 0.2) is 36.4 Å². The van der Waals surface area contributed by atoms with Gasteiger partial charge in [-0.05, 0) is 73.7 Å². The molecule has 2 aromatic rings. The SMILES string of the molecule is CC12CCC(C(S(=O)(=O)O)C1=O)C2(C)C.O=C1CCc2ccc(OCCCCN3CCN(c4cccc(Cl)c4Cl)CC3)cc2N1. The van der Waals surface area contributed by atoms with Crippen LogP contribution in [0.4, 0.5) is 11.4 Å². The van der Waals surface area contributed by atoms with E-state index in [1.807, 2.05) is 51.1 Å². The van der Waals surface area contributed by atoms with Crippen LogP contribution in [0.25, 0.3) is 0 Å². The molecular weight excluding hydrogens is 637 g/mol. The Bertz CT molecular complexity index is 1540. The Morgan fingerprint density at radius 2 is 1.76 bits per heavy atom. The maximum absolute atomic E-state index is 12.0. The number of benzene rings is 2. The van der Waals surface area contributed by atoms with Crippen LogP contribution in [0.5, 0.6) is 5.75 Å². The zero-order valence-corrected chi connectivity index (χ0v) is 28.5. The van der Waals surface area contributed by atoms with Gasteiger partial charge < -0.3 is 15.0 Å². The molecule has 246 valence electrons. The number of unbranched alkanes of at least 4 members (excludes halogenated alkanes) is 1. The monoisotopic (exact) mass is 679 g/mol. The molecule has 6 rings (SSSR count). The maximum atomic E-state index is 12.0. The van der Waals surface area contributed by atoms with Gasteiger partial charge in [-0.25, -0.2) is 0 Å². The van der Waals surface area contributed by atoms with Crippen LogP contribution < -0.4 is 15.0 Å². The first kappa shape index (κ1) is 34.0. The Balaban J connectivity index is 0.000000223. The Hall–Kier alpha value is -2.37. The van der Waals surface area contributed by atoms with E-state index in [0.717, 1.165) is 75.5 Å². The number of amides is 1. The molecule has 0 aromatic heterocycles. The number of Topliss-reactive ketones (excluding diaryl/α,β-unsaturated/α-hetero) is 1. The molecule has 3 atom stereocenters. The van der Waals surface area contributed by atoms with Crippen LogP contribution in [-0.2, 0) is 26.1 Å². The molecular formula is C33H43Cl2N3O6S. The summed E-state index contributed by atoms with van der Waals surface area (Å²) in [5.41, 5.74) is 2.18. The number of nitrogens with one attached hydrogen (secondary N) is 1. The van der Waals surface area contributed by atoms with Crippen LogP contribution in [-0.4, -0.2) is 74.1 Å². The fourth-order valence-electron chi connectivity index (χ4n) is 7.36. The average Bonchev–Trinajstić information content (AvgIpc) is 3.31. The second kappa shape index (κ2) is 13.4. The molecule has 2 aromatic carbocycles. The van der Waals surface area contributed by atoms with Gasteiger partial charge in [0.25, 0.3) is 10.1 Å². The molecule has 2 bridgehead atoms. The van der Waals surface area contributed by atoms with Crippen LogP contribution in [0.3, 0.4) is 0 Å². The number of nitrogens with zero attached hydrogens (tertiary/aromatic N) is 2. The molecule has 2 saturated carbocycles. The summed E-state index contributed by atoms with van der Waals surface area (Å²) < 4.78 is 37.4. The number of carbonyl (C=O) groups excluding carboxylic acids is 2. The van der Waals surface area contributed by atoms with Crippen molar-refractivity contribution in [1.29, 1.82) is 0 Å². The lowest BCUT2D eigenvalue weighted by atomic mass is 9.70. The Morgan fingerprint density at radius 1 is 1.02 bits per heavy atom. The predicted octanol–water partition coefficient (Wildman–Crippen LogP) is 6.13. The molecule has 2 aliphatic heterocycles. The lowest BCUT2D eigenvalue weighted by Gasteiger charge is -2.36. The minimum absolute atomic E-state index is 0.0809. The molecule has 45 heavy (non-hydrogen) atoms. The van der Waals surface area contributed by atoms with Gasteiger partial charge >= 0.3 is 0 Å². The van der Waals surface area contributed by atoms with Crippen molar-refractivity contribution in [2.75, 3.05) is 49.5 Å². The zero-order chi connectivity index (χ0) is 32.6. The molecule has 3 fully saturated rings. The van der Waals surface area contributed by atoms with Crippen LogP contribution in [0, 0.1) is 16.7 Å². The van der Waals surface area contributed by atoms with Gasteiger partial charge in [0.15, 0.2) is 5.78 Å². The molecule has 0 spiro atoms. The molecule has 12 heteroatoms. The third-order valence-electron chi connectivity index (χ3n) is 10.6. The van der Waals surface area contributed by atoms with Crippen LogP contribution in [0.1, 0.15) is 58.4 Å². The Morgan fingerprint density at radius 3 is 2.40 bits per heavy atom. The number of anilines is 2. The van der Waals surface area contributed by atoms with Gasteiger partial charge in [-0.1, -0.05) is 56.1 Å². The summed E-state index contributed by atoms with van der Waals surface area (Å²) in [6, 6.07) is 11.8. The first-order valence-corrected chi connectivity index (χ1v) is 18.0. The summed E-state index contributed by atoms with van der Waals surface area (Å²) in [6.07, 6.45) is 4.91. The van der Waals surface area contributed by atoms with E-state index in [1.54, 1.807) is 0 Å². The van der Waals surface area contributed by atoms with Gasteiger partial charge in [0, 0.05) is 49.8 Å². The quantitative estimate of drug-likeness (QED) is 0.253. The van der Waals surface area contributed by atoms with E-state index in [9.17, 15) is 18.0 Å². The highest BCUT2D eigenvalue weighted by Crippen LogP contribution is 2.64. The van der Waals surface area contributed by atoms with Gasteiger partial charge in [0.1, 0.15) is 11.0 Å². The van der Waals surface area contributed by atoms with E-state index in [0.29, 0.717) is 29.5 Å². The highest BCUT2D eigenvalue weighted by Gasteiger charge is 2.69. The summed E-state index contributed by atoms with van der Waals surface area (Å²) in [5.74, 6) is 0.372.